The highest BCUT2D eigenvalue weighted by atomic mass is 35.5. The fraction of sp³-hybridized carbons (Fsp3) is 0.571. The lowest BCUT2D eigenvalue weighted by Crippen LogP contribution is -2.50. The van der Waals surface area contributed by atoms with Crippen LogP contribution in [0.3, 0.4) is 0 Å². The Morgan fingerprint density at radius 1 is 1.06 bits per heavy atom. The average molecular weight is 271 g/mol. The molecule has 1 aromatic rings. The smallest absolute Gasteiger partial charge is 0.127 e. The van der Waals surface area contributed by atoms with E-state index in [0.717, 1.165) is 24.2 Å². The van der Waals surface area contributed by atoms with Crippen molar-refractivity contribution in [1.29, 1.82) is 0 Å². The second kappa shape index (κ2) is 4.37. The van der Waals surface area contributed by atoms with Crippen molar-refractivity contribution in [2.45, 2.75) is 48.5 Å². The van der Waals surface area contributed by atoms with E-state index >= 15 is 0 Å². The molecule has 17 heavy (non-hydrogen) atoms. The Morgan fingerprint density at radius 2 is 1.76 bits per heavy atom. The van der Waals surface area contributed by atoms with Gasteiger partial charge in [-0.3, -0.25) is 0 Å². The molecule has 0 bridgehead atoms. The quantitative estimate of drug-likeness (QED) is 0.623. The summed E-state index contributed by atoms with van der Waals surface area (Å²) >= 11 is 13.1. The fourth-order valence-corrected chi connectivity index (χ4v) is 3.84. The highest BCUT2D eigenvalue weighted by Gasteiger charge is 2.48. The largest absolute Gasteiger partial charge is 0.485 e. The molecule has 3 heteroatoms. The Bertz CT molecular complexity index is 412. The van der Waals surface area contributed by atoms with Gasteiger partial charge in [0.1, 0.15) is 11.4 Å². The molecule has 2 atom stereocenters. The van der Waals surface area contributed by atoms with Crippen molar-refractivity contribution in [1.82, 2.24) is 0 Å². The summed E-state index contributed by atoms with van der Waals surface area (Å²) in [6, 6.07) is 8.00. The minimum Gasteiger partial charge on any atom is -0.485 e. The van der Waals surface area contributed by atoms with Gasteiger partial charge in [-0.1, -0.05) is 24.6 Å². The van der Waals surface area contributed by atoms with Gasteiger partial charge in [0, 0.05) is 5.56 Å². The highest BCUT2D eigenvalue weighted by molar-refractivity contribution is 6.31. The highest BCUT2D eigenvalue weighted by Crippen LogP contribution is 2.50. The molecule has 1 aromatic carbocycles. The molecule has 1 heterocycles. The van der Waals surface area contributed by atoms with Gasteiger partial charge in [-0.05, 0) is 31.7 Å². The van der Waals surface area contributed by atoms with Crippen LogP contribution in [0, 0.1) is 0 Å². The van der Waals surface area contributed by atoms with Crippen LogP contribution in [0.25, 0.3) is 0 Å². The lowest BCUT2D eigenvalue weighted by molar-refractivity contribution is 0.0131. The van der Waals surface area contributed by atoms with Crippen LogP contribution < -0.4 is 4.74 Å². The first-order chi connectivity index (χ1) is 8.23. The number of hydrogen-bond donors (Lipinski definition) is 0. The minimum atomic E-state index is -0.236. The number of alkyl halides is 2. The molecular weight excluding hydrogens is 255 g/mol. The molecule has 1 spiro atoms. The standard InChI is InChI=1S/C14H16Cl2O/c15-12-10-6-2-3-7-11(10)17-14(13(12)16)8-4-1-5-9-14/h2-3,6-7,12-13H,1,4-5,8-9H2/t12-,13+/m0/s1. The van der Waals surface area contributed by atoms with Crippen molar-refractivity contribution in [3.05, 3.63) is 29.8 Å². The molecule has 1 saturated carbocycles. The Hall–Kier alpha value is -0.400. The van der Waals surface area contributed by atoms with Crippen LogP contribution >= 0.6 is 23.2 Å². The van der Waals surface area contributed by atoms with E-state index in [1.165, 1.54) is 19.3 Å². The van der Waals surface area contributed by atoms with Crippen molar-refractivity contribution in [3.8, 4) is 5.75 Å². The van der Waals surface area contributed by atoms with Crippen molar-refractivity contribution in [2.24, 2.45) is 0 Å². The van der Waals surface area contributed by atoms with E-state index in [-0.39, 0.29) is 16.4 Å². The number of para-hydroxylation sites is 1. The molecule has 3 rings (SSSR count). The maximum absolute atomic E-state index is 6.57. The van der Waals surface area contributed by atoms with Gasteiger partial charge in [0.2, 0.25) is 0 Å². The van der Waals surface area contributed by atoms with Gasteiger partial charge in [0.05, 0.1) is 10.8 Å². The lowest BCUT2D eigenvalue weighted by Gasteiger charge is -2.46. The van der Waals surface area contributed by atoms with E-state index in [0.29, 0.717) is 0 Å². The molecule has 1 aliphatic heterocycles. The number of benzene rings is 1. The third-order valence-corrected chi connectivity index (χ3v) is 5.25. The molecule has 0 aromatic heterocycles. The van der Waals surface area contributed by atoms with Crippen LogP contribution in [0.2, 0.25) is 0 Å². The Labute approximate surface area is 112 Å². The summed E-state index contributed by atoms with van der Waals surface area (Å²) in [5.74, 6) is 0.923. The summed E-state index contributed by atoms with van der Waals surface area (Å²) in [5, 5.41) is -0.265. The van der Waals surface area contributed by atoms with Gasteiger partial charge in [-0.2, -0.15) is 0 Å². The van der Waals surface area contributed by atoms with E-state index in [1.807, 2.05) is 24.3 Å². The van der Waals surface area contributed by atoms with Crippen LogP contribution in [0.1, 0.15) is 43.0 Å². The summed E-state index contributed by atoms with van der Waals surface area (Å²) in [6.45, 7) is 0. The molecule has 0 unspecified atom stereocenters. The van der Waals surface area contributed by atoms with Crippen LogP contribution in [0.4, 0.5) is 0 Å². The van der Waals surface area contributed by atoms with E-state index in [1.54, 1.807) is 0 Å². The van der Waals surface area contributed by atoms with Crippen molar-refractivity contribution < 1.29 is 4.74 Å². The summed E-state index contributed by atoms with van der Waals surface area (Å²) in [4.78, 5) is 0. The van der Waals surface area contributed by atoms with Gasteiger partial charge < -0.3 is 4.74 Å². The average Bonchev–Trinajstić information content (AvgIpc) is 2.37. The topological polar surface area (TPSA) is 9.23 Å². The fourth-order valence-electron chi connectivity index (χ4n) is 3.03. The third kappa shape index (κ3) is 1.84. The first kappa shape index (κ1) is 11.7. The van der Waals surface area contributed by atoms with E-state index in [9.17, 15) is 0 Å². The van der Waals surface area contributed by atoms with Gasteiger partial charge in [-0.25, -0.2) is 0 Å². The number of fused-ring (bicyclic) bond motifs is 1. The normalized spacial score (nSPS) is 30.7. The predicted molar refractivity (Wildman–Crippen MR) is 71.1 cm³/mol. The minimum absolute atomic E-state index is 0.126. The van der Waals surface area contributed by atoms with Crippen LogP contribution in [0.5, 0.6) is 5.75 Å². The predicted octanol–water partition coefficient (Wildman–Crippen LogP) is 4.67. The second-order valence-electron chi connectivity index (χ2n) is 5.07. The van der Waals surface area contributed by atoms with Gasteiger partial charge in [0.15, 0.2) is 0 Å². The van der Waals surface area contributed by atoms with Gasteiger partial charge >= 0.3 is 0 Å². The molecule has 0 radical (unpaired) electrons. The Kier molecular flexibility index (Phi) is 3.00. The summed E-state index contributed by atoms with van der Waals surface area (Å²) < 4.78 is 6.23. The zero-order valence-electron chi connectivity index (χ0n) is 9.66. The maximum Gasteiger partial charge on any atom is 0.127 e. The number of halogens is 2. The Morgan fingerprint density at radius 3 is 2.53 bits per heavy atom. The lowest BCUT2D eigenvalue weighted by atomic mass is 9.78. The number of rotatable bonds is 0. The zero-order valence-corrected chi connectivity index (χ0v) is 11.2. The number of hydrogen-bond acceptors (Lipinski definition) is 1. The SMILES string of the molecule is Cl[C@@H]1[C@@H](Cl)c2ccccc2OC12CCCCC2. The second-order valence-corrected chi connectivity index (χ2v) is 6.01. The van der Waals surface area contributed by atoms with Crippen LogP contribution in [-0.4, -0.2) is 11.0 Å². The molecule has 0 N–H and O–H groups in total. The first-order valence-electron chi connectivity index (χ1n) is 6.29. The Balaban J connectivity index is 2.00. The molecule has 1 aliphatic carbocycles. The van der Waals surface area contributed by atoms with Crippen molar-refractivity contribution >= 4 is 23.2 Å². The van der Waals surface area contributed by atoms with E-state index in [4.69, 9.17) is 27.9 Å². The monoisotopic (exact) mass is 270 g/mol. The van der Waals surface area contributed by atoms with Crippen LogP contribution in [0.15, 0.2) is 24.3 Å². The molecule has 1 fully saturated rings. The van der Waals surface area contributed by atoms with E-state index in [2.05, 4.69) is 0 Å². The van der Waals surface area contributed by atoms with Gasteiger partial charge in [0.25, 0.3) is 0 Å². The summed E-state index contributed by atoms with van der Waals surface area (Å²) in [6.07, 6.45) is 5.71. The first-order valence-corrected chi connectivity index (χ1v) is 7.16. The maximum atomic E-state index is 6.57. The zero-order chi connectivity index (χ0) is 11.9. The molecule has 92 valence electrons. The van der Waals surface area contributed by atoms with E-state index < -0.39 is 0 Å². The molecule has 2 aliphatic rings. The van der Waals surface area contributed by atoms with Crippen molar-refractivity contribution in [2.75, 3.05) is 0 Å². The number of ether oxygens (including phenoxy) is 1. The molecule has 1 nitrogen and oxygen atoms in total. The third-order valence-electron chi connectivity index (χ3n) is 3.99. The van der Waals surface area contributed by atoms with Crippen LogP contribution in [-0.2, 0) is 0 Å². The van der Waals surface area contributed by atoms with Crippen molar-refractivity contribution in [3.63, 3.8) is 0 Å². The molecule has 0 saturated heterocycles. The van der Waals surface area contributed by atoms with Gasteiger partial charge in [-0.15, -0.1) is 23.2 Å². The summed E-state index contributed by atoms with van der Waals surface area (Å²) in [7, 11) is 0. The molecule has 0 amide bonds. The summed E-state index contributed by atoms with van der Waals surface area (Å²) in [5.41, 5.74) is 0.797. The molecular formula is C14H16Cl2O.